The standard InChI is InChI=1S/C10H10BrNS/c1-7(6-8(2)11)9(3)10-12-4-5-13-10/h4-6H,1,3H2,2H3/b8-6+. The Hall–Kier alpha value is -0.670. The molecule has 0 aromatic carbocycles. The smallest absolute Gasteiger partial charge is 0.123 e. The topological polar surface area (TPSA) is 12.9 Å². The third-order valence-corrected chi connectivity index (χ3v) is 2.51. The maximum atomic E-state index is 4.16. The third kappa shape index (κ3) is 2.94. The van der Waals surface area contributed by atoms with Crippen LogP contribution < -0.4 is 0 Å². The van der Waals surface area contributed by atoms with Gasteiger partial charge >= 0.3 is 0 Å². The number of nitrogens with zero attached hydrogens (tertiary/aromatic N) is 1. The van der Waals surface area contributed by atoms with Gasteiger partial charge in [0.1, 0.15) is 5.01 Å². The largest absolute Gasteiger partial charge is 0.245 e. The summed E-state index contributed by atoms with van der Waals surface area (Å²) in [6.45, 7) is 9.80. The van der Waals surface area contributed by atoms with Gasteiger partial charge in [0, 0.05) is 17.2 Å². The summed E-state index contributed by atoms with van der Waals surface area (Å²) in [5.74, 6) is 0. The molecule has 0 fully saturated rings. The van der Waals surface area contributed by atoms with Crippen molar-refractivity contribution >= 4 is 32.8 Å². The number of allylic oxidation sites excluding steroid dienone is 4. The Morgan fingerprint density at radius 1 is 1.62 bits per heavy atom. The van der Waals surface area contributed by atoms with Crippen molar-refractivity contribution in [1.82, 2.24) is 4.98 Å². The van der Waals surface area contributed by atoms with Crippen molar-refractivity contribution < 1.29 is 0 Å². The highest BCUT2D eigenvalue weighted by Gasteiger charge is 2.03. The van der Waals surface area contributed by atoms with Crippen LogP contribution >= 0.6 is 27.3 Å². The Bertz CT molecular complexity index is 345. The van der Waals surface area contributed by atoms with Crippen molar-refractivity contribution in [2.75, 3.05) is 0 Å². The average molecular weight is 256 g/mol. The normalized spacial score (nSPS) is 11.4. The average Bonchev–Trinajstić information content (AvgIpc) is 2.53. The number of aromatic nitrogens is 1. The highest BCUT2D eigenvalue weighted by molar-refractivity contribution is 9.11. The maximum Gasteiger partial charge on any atom is 0.123 e. The zero-order chi connectivity index (χ0) is 9.84. The Labute approximate surface area is 90.6 Å². The molecule has 0 aliphatic heterocycles. The fraction of sp³-hybridized carbons (Fsp3) is 0.100. The Kier molecular flexibility index (Phi) is 3.63. The molecule has 0 atom stereocenters. The van der Waals surface area contributed by atoms with E-state index in [0.29, 0.717) is 0 Å². The molecular weight excluding hydrogens is 246 g/mol. The predicted molar refractivity (Wildman–Crippen MR) is 63.0 cm³/mol. The summed E-state index contributed by atoms with van der Waals surface area (Å²) >= 11 is 4.92. The van der Waals surface area contributed by atoms with E-state index in [-0.39, 0.29) is 0 Å². The second-order valence-electron chi connectivity index (χ2n) is 2.57. The van der Waals surface area contributed by atoms with Crippen LogP contribution in [0.25, 0.3) is 5.57 Å². The lowest BCUT2D eigenvalue weighted by Gasteiger charge is -2.00. The van der Waals surface area contributed by atoms with Crippen LogP contribution in [0.3, 0.4) is 0 Å². The molecule has 1 heterocycles. The van der Waals surface area contributed by atoms with Crippen molar-refractivity contribution in [2.24, 2.45) is 0 Å². The summed E-state index contributed by atoms with van der Waals surface area (Å²) in [5, 5.41) is 2.85. The number of halogens is 1. The number of hydrogen-bond donors (Lipinski definition) is 0. The molecule has 0 N–H and O–H groups in total. The van der Waals surface area contributed by atoms with Crippen LogP contribution in [0, 0.1) is 0 Å². The first-order chi connectivity index (χ1) is 6.11. The first kappa shape index (κ1) is 10.4. The van der Waals surface area contributed by atoms with E-state index in [1.54, 1.807) is 17.5 Å². The fourth-order valence-corrected chi connectivity index (χ4v) is 1.76. The van der Waals surface area contributed by atoms with E-state index in [0.717, 1.165) is 20.6 Å². The van der Waals surface area contributed by atoms with E-state index in [1.165, 1.54) is 0 Å². The van der Waals surface area contributed by atoms with Gasteiger partial charge in [-0.1, -0.05) is 29.1 Å². The molecule has 1 nitrogen and oxygen atoms in total. The van der Waals surface area contributed by atoms with Gasteiger partial charge in [-0.05, 0) is 23.1 Å². The van der Waals surface area contributed by atoms with Gasteiger partial charge in [-0.2, -0.15) is 0 Å². The molecule has 0 aliphatic carbocycles. The lowest BCUT2D eigenvalue weighted by Crippen LogP contribution is -1.82. The molecule has 0 saturated carbocycles. The molecule has 0 saturated heterocycles. The van der Waals surface area contributed by atoms with Gasteiger partial charge in [0.15, 0.2) is 0 Å². The monoisotopic (exact) mass is 255 g/mol. The zero-order valence-electron chi connectivity index (χ0n) is 7.38. The summed E-state index contributed by atoms with van der Waals surface area (Å²) in [6.07, 6.45) is 3.70. The van der Waals surface area contributed by atoms with Crippen molar-refractivity contribution in [1.29, 1.82) is 0 Å². The Balaban J connectivity index is 2.81. The second kappa shape index (κ2) is 4.53. The van der Waals surface area contributed by atoms with Crippen LogP contribution in [0.15, 0.2) is 40.9 Å². The van der Waals surface area contributed by atoms with Crippen LogP contribution in [0.5, 0.6) is 0 Å². The maximum absolute atomic E-state index is 4.16. The van der Waals surface area contributed by atoms with Crippen LogP contribution in [-0.2, 0) is 0 Å². The van der Waals surface area contributed by atoms with E-state index >= 15 is 0 Å². The highest BCUT2D eigenvalue weighted by Crippen LogP contribution is 2.24. The minimum Gasteiger partial charge on any atom is -0.245 e. The van der Waals surface area contributed by atoms with Crippen molar-refractivity contribution in [3.63, 3.8) is 0 Å². The molecule has 3 heteroatoms. The van der Waals surface area contributed by atoms with E-state index in [4.69, 9.17) is 0 Å². The highest BCUT2D eigenvalue weighted by atomic mass is 79.9. The van der Waals surface area contributed by atoms with Gasteiger partial charge in [-0.25, -0.2) is 4.98 Å². The fourth-order valence-electron chi connectivity index (χ4n) is 0.837. The molecule has 0 bridgehead atoms. The minimum absolute atomic E-state index is 0.883. The predicted octanol–water partition coefficient (Wildman–Crippen LogP) is 4.01. The molecular formula is C10H10BrNS. The first-order valence-corrected chi connectivity index (χ1v) is 5.40. The summed E-state index contributed by atoms with van der Waals surface area (Å²) in [4.78, 5) is 4.16. The number of rotatable bonds is 3. The van der Waals surface area contributed by atoms with Gasteiger partial charge in [-0.3, -0.25) is 0 Å². The molecule has 13 heavy (non-hydrogen) atoms. The number of hydrogen-bond acceptors (Lipinski definition) is 2. The third-order valence-electron chi connectivity index (χ3n) is 1.45. The van der Waals surface area contributed by atoms with Crippen LogP contribution in [0.2, 0.25) is 0 Å². The molecule has 0 unspecified atom stereocenters. The summed E-state index contributed by atoms with van der Waals surface area (Å²) in [5.41, 5.74) is 1.78. The van der Waals surface area contributed by atoms with Gasteiger partial charge < -0.3 is 0 Å². The first-order valence-electron chi connectivity index (χ1n) is 3.73. The van der Waals surface area contributed by atoms with Crippen molar-refractivity contribution in [3.8, 4) is 0 Å². The van der Waals surface area contributed by atoms with Crippen molar-refractivity contribution in [2.45, 2.75) is 6.92 Å². The van der Waals surface area contributed by atoms with E-state index in [1.807, 2.05) is 18.4 Å². The number of thiazole rings is 1. The van der Waals surface area contributed by atoms with E-state index in [9.17, 15) is 0 Å². The van der Waals surface area contributed by atoms with Crippen molar-refractivity contribution in [3.05, 3.63) is 45.9 Å². The minimum atomic E-state index is 0.883. The van der Waals surface area contributed by atoms with E-state index in [2.05, 4.69) is 34.1 Å². The Morgan fingerprint density at radius 2 is 2.31 bits per heavy atom. The molecule has 1 rings (SSSR count). The van der Waals surface area contributed by atoms with Gasteiger partial charge in [-0.15, -0.1) is 11.3 Å². The lowest BCUT2D eigenvalue weighted by atomic mass is 10.1. The van der Waals surface area contributed by atoms with Crippen LogP contribution in [0.1, 0.15) is 11.9 Å². The molecule has 0 radical (unpaired) electrons. The molecule has 1 aromatic heterocycles. The summed E-state index contributed by atoms with van der Waals surface area (Å²) in [6, 6.07) is 0. The van der Waals surface area contributed by atoms with Gasteiger partial charge in [0.25, 0.3) is 0 Å². The summed E-state index contributed by atoms with van der Waals surface area (Å²) in [7, 11) is 0. The zero-order valence-corrected chi connectivity index (χ0v) is 9.78. The molecule has 0 aliphatic rings. The Morgan fingerprint density at radius 3 is 2.77 bits per heavy atom. The van der Waals surface area contributed by atoms with Crippen LogP contribution in [-0.4, -0.2) is 4.98 Å². The quantitative estimate of drug-likeness (QED) is 0.744. The van der Waals surface area contributed by atoms with Gasteiger partial charge in [0.05, 0.1) is 0 Å². The second-order valence-corrected chi connectivity index (χ2v) is 4.72. The van der Waals surface area contributed by atoms with Gasteiger partial charge in [0.2, 0.25) is 0 Å². The SMILES string of the molecule is C=C(/C=C(\C)Br)C(=C)c1nccs1. The molecule has 1 aromatic rings. The van der Waals surface area contributed by atoms with Crippen LogP contribution in [0.4, 0.5) is 0 Å². The molecule has 0 spiro atoms. The summed E-state index contributed by atoms with van der Waals surface area (Å²) < 4.78 is 1.04. The van der Waals surface area contributed by atoms with E-state index < -0.39 is 0 Å². The molecule has 0 amide bonds. The molecule has 68 valence electrons. The lowest BCUT2D eigenvalue weighted by molar-refractivity contribution is 1.37.